The highest BCUT2D eigenvalue weighted by molar-refractivity contribution is 5.40. The van der Waals surface area contributed by atoms with E-state index < -0.39 is 0 Å². The molecule has 2 aromatic carbocycles. The van der Waals surface area contributed by atoms with Crippen LogP contribution in [0.2, 0.25) is 0 Å². The molecule has 0 spiro atoms. The van der Waals surface area contributed by atoms with Crippen LogP contribution in [0, 0.1) is 12.7 Å². The lowest BCUT2D eigenvalue weighted by Crippen LogP contribution is -2.32. The fraction of sp³-hybridized carbons (Fsp3) is 0.294. The minimum Gasteiger partial charge on any atom is -0.271 e. The predicted molar refractivity (Wildman–Crippen MR) is 78.7 cm³/mol. The van der Waals surface area contributed by atoms with Crippen LogP contribution in [-0.2, 0) is 6.42 Å². The lowest BCUT2D eigenvalue weighted by Gasteiger charge is -2.33. The molecule has 2 aromatic rings. The molecule has 0 bridgehead atoms. The predicted octanol–water partition coefficient (Wildman–Crippen LogP) is 3.37. The molecule has 3 heteroatoms. The van der Waals surface area contributed by atoms with Crippen LogP contribution >= 0.6 is 0 Å². The van der Waals surface area contributed by atoms with Crippen LogP contribution in [0.5, 0.6) is 0 Å². The number of fused-ring (bicyclic) bond motifs is 1. The summed E-state index contributed by atoms with van der Waals surface area (Å²) in [5, 5.41) is 0. The number of hydrazine groups is 1. The second kappa shape index (κ2) is 5.35. The Kier molecular flexibility index (Phi) is 3.55. The van der Waals surface area contributed by atoms with E-state index in [9.17, 15) is 4.39 Å². The zero-order valence-electron chi connectivity index (χ0n) is 11.6. The molecule has 0 fully saturated rings. The number of aryl methyl sites for hydroxylation is 1. The highest BCUT2D eigenvalue weighted by Crippen LogP contribution is 2.40. The number of nitrogens with two attached hydrogens (primary N) is 1. The molecule has 1 aliphatic rings. The molecular weight excluding hydrogens is 251 g/mol. The molecule has 0 radical (unpaired) electrons. The van der Waals surface area contributed by atoms with E-state index in [4.69, 9.17) is 5.84 Å². The van der Waals surface area contributed by atoms with Crippen molar-refractivity contribution in [3.05, 3.63) is 70.5 Å². The topological polar surface area (TPSA) is 38.0 Å². The summed E-state index contributed by atoms with van der Waals surface area (Å²) in [6.45, 7) is 1.99. The number of nitrogens with one attached hydrogen (secondary N) is 1. The molecule has 0 saturated carbocycles. The Morgan fingerprint density at radius 1 is 1.30 bits per heavy atom. The molecule has 0 aliphatic heterocycles. The van der Waals surface area contributed by atoms with Gasteiger partial charge in [0.25, 0.3) is 0 Å². The second-order valence-corrected chi connectivity index (χ2v) is 5.56. The molecule has 2 unspecified atom stereocenters. The van der Waals surface area contributed by atoms with Gasteiger partial charge in [0.05, 0.1) is 0 Å². The molecule has 0 amide bonds. The normalized spacial score (nSPS) is 18.2. The van der Waals surface area contributed by atoms with Crippen LogP contribution in [0.25, 0.3) is 0 Å². The standard InChI is InChI=1S/C17H19FN2/c1-11-6-7-14(18)10-16(11)17(20-19)9-13-8-12-4-2-3-5-15(12)13/h2-7,10,13,17,20H,8-9,19H2,1H3. The molecule has 1 aliphatic carbocycles. The summed E-state index contributed by atoms with van der Waals surface area (Å²) in [7, 11) is 0. The van der Waals surface area contributed by atoms with Gasteiger partial charge >= 0.3 is 0 Å². The molecule has 3 N–H and O–H groups in total. The number of hydrogen-bond donors (Lipinski definition) is 2. The van der Waals surface area contributed by atoms with E-state index in [0.29, 0.717) is 5.92 Å². The van der Waals surface area contributed by atoms with Crippen molar-refractivity contribution in [2.75, 3.05) is 0 Å². The van der Waals surface area contributed by atoms with Gasteiger partial charge in [-0.2, -0.15) is 0 Å². The van der Waals surface area contributed by atoms with Crippen LogP contribution in [0.4, 0.5) is 4.39 Å². The lowest BCUT2D eigenvalue weighted by molar-refractivity contribution is 0.432. The summed E-state index contributed by atoms with van der Waals surface area (Å²) in [4.78, 5) is 0. The van der Waals surface area contributed by atoms with Crippen molar-refractivity contribution in [3.8, 4) is 0 Å². The first-order valence-corrected chi connectivity index (χ1v) is 6.99. The largest absolute Gasteiger partial charge is 0.271 e. The monoisotopic (exact) mass is 270 g/mol. The average molecular weight is 270 g/mol. The van der Waals surface area contributed by atoms with E-state index in [2.05, 4.69) is 29.7 Å². The van der Waals surface area contributed by atoms with Gasteiger partial charge in [0.15, 0.2) is 0 Å². The van der Waals surface area contributed by atoms with Crippen LogP contribution < -0.4 is 11.3 Å². The van der Waals surface area contributed by atoms with E-state index in [1.807, 2.05) is 13.0 Å². The summed E-state index contributed by atoms with van der Waals surface area (Å²) in [5.41, 5.74) is 7.70. The lowest BCUT2D eigenvalue weighted by atomic mass is 9.73. The second-order valence-electron chi connectivity index (χ2n) is 5.56. The fourth-order valence-electron chi connectivity index (χ4n) is 3.13. The Balaban J connectivity index is 1.80. The van der Waals surface area contributed by atoms with Gasteiger partial charge in [-0.25, -0.2) is 4.39 Å². The van der Waals surface area contributed by atoms with E-state index in [-0.39, 0.29) is 11.9 Å². The molecule has 20 heavy (non-hydrogen) atoms. The van der Waals surface area contributed by atoms with Gasteiger partial charge in [-0.3, -0.25) is 11.3 Å². The smallest absolute Gasteiger partial charge is 0.123 e. The van der Waals surface area contributed by atoms with Gasteiger partial charge in [0.1, 0.15) is 5.82 Å². The molecule has 0 heterocycles. The van der Waals surface area contributed by atoms with E-state index in [1.54, 1.807) is 6.07 Å². The summed E-state index contributed by atoms with van der Waals surface area (Å²) < 4.78 is 13.4. The quantitative estimate of drug-likeness (QED) is 0.660. The number of rotatable bonds is 4. The van der Waals surface area contributed by atoms with Crippen molar-refractivity contribution in [3.63, 3.8) is 0 Å². The molecule has 3 rings (SSSR count). The number of hydrogen-bond acceptors (Lipinski definition) is 2. The molecule has 2 atom stereocenters. The van der Waals surface area contributed by atoms with Crippen molar-refractivity contribution < 1.29 is 4.39 Å². The summed E-state index contributed by atoms with van der Waals surface area (Å²) in [6, 6.07) is 13.4. The molecular formula is C17H19FN2. The molecule has 2 nitrogen and oxygen atoms in total. The fourth-order valence-corrected chi connectivity index (χ4v) is 3.13. The van der Waals surface area contributed by atoms with Crippen LogP contribution in [0.3, 0.4) is 0 Å². The van der Waals surface area contributed by atoms with E-state index in [0.717, 1.165) is 24.0 Å². The Morgan fingerprint density at radius 2 is 2.10 bits per heavy atom. The van der Waals surface area contributed by atoms with Crippen molar-refractivity contribution in [2.45, 2.75) is 31.7 Å². The van der Waals surface area contributed by atoms with Gasteiger partial charge in [-0.15, -0.1) is 0 Å². The summed E-state index contributed by atoms with van der Waals surface area (Å²) in [5.74, 6) is 6.00. The van der Waals surface area contributed by atoms with Gasteiger partial charge in [0.2, 0.25) is 0 Å². The maximum absolute atomic E-state index is 13.4. The molecule has 104 valence electrons. The van der Waals surface area contributed by atoms with Crippen LogP contribution in [0.15, 0.2) is 42.5 Å². The van der Waals surface area contributed by atoms with Crippen molar-refractivity contribution in [1.82, 2.24) is 5.43 Å². The van der Waals surface area contributed by atoms with Gasteiger partial charge in [0, 0.05) is 6.04 Å². The van der Waals surface area contributed by atoms with Crippen molar-refractivity contribution in [2.24, 2.45) is 5.84 Å². The SMILES string of the molecule is Cc1ccc(F)cc1C(CC1Cc2ccccc21)NN. The van der Waals surface area contributed by atoms with Gasteiger partial charge in [-0.1, -0.05) is 30.3 Å². The van der Waals surface area contributed by atoms with E-state index in [1.165, 1.54) is 17.2 Å². The first-order chi connectivity index (χ1) is 9.69. The minimum atomic E-state index is -0.208. The maximum Gasteiger partial charge on any atom is 0.123 e. The van der Waals surface area contributed by atoms with E-state index >= 15 is 0 Å². The first kappa shape index (κ1) is 13.3. The Morgan fingerprint density at radius 3 is 2.85 bits per heavy atom. The molecule has 0 saturated heterocycles. The van der Waals surface area contributed by atoms with Gasteiger partial charge in [-0.05, 0) is 60.1 Å². The first-order valence-electron chi connectivity index (χ1n) is 6.99. The van der Waals surface area contributed by atoms with Crippen LogP contribution in [0.1, 0.15) is 40.6 Å². The van der Waals surface area contributed by atoms with Crippen molar-refractivity contribution >= 4 is 0 Å². The number of benzene rings is 2. The van der Waals surface area contributed by atoms with Crippen LogP contribution in [-0.4, -0.2) is 0 Å². The Hall–Kier alpha value is -1.71. The minimum absolute atomic E-state index is 0.0101. The highest BCUT2D eigenvalue weighted by atomic mass is 19.1. The third kappa shape index (κ3) is 2.35. The molecule has 0 aromatic heterocycles. The Bertz CT molecular complexity index is 624. The highest BCUT2D eigenvalue weighted by Gasteiger charge is 2.28. The average Bonchev–Trinajstić information content (AvgIpc) is 2.43. The van der Waals surface area contributed by atoms with Gasteiger partial charge < -0.3 is 0 Å². The van der Waals surface area contributed by atoms with Crippen molar-refractivity contribution in [1.29, 1.82) is 0 Å². The third-order valence-electron chi connectivity index (χ3n) is 4.30. The Labute approximate surface area is 118 Å². The zero-order chi connectivity index (χ0) is 14.1. The summed E-state index contributed by atoms with van der Waals surface area (Å²) in [6.07, 6.45) is 1.99. The third-order valence-corrected chi connectivity index (χ3v) is 4.30. The zero-order valence-corrected chi connectivity index (χ0v) is 11.6. The maximum atomic E-state index is 13.4. The number of halogens is 1. The summed E-state index contributed by atoms with van der Waals surface area (Å²) >= 11 is 0.